The van der Waals surface area contributed by atoms with Gasteiger partial charge in [0.25, 0.3) is 0 Å². The molecule has 3 atom stereocenters. The Bertz CT molecular complexity index is 568. The van der Waals surface area contributed by atoms with Gasteiger partial charge < -0.3 is 10.1 Å². The molecule has 1 saturated heterocycles. The van der Waals surface area contributed by atoms with Crippen LogP contribution in [0.25, 0.3) is 4.96 Å². The van der Waals surface area contributed by atoms with E-state index in [0.717, 1.165) is 35.4 Å². The number of morpholine rings is 1. The van der Waals surface area contributed by atoms with E-state index in [0.29, 0.717) is 18.2 Å². The Balaban J connectivity index is 1.57. The molecule has 0 aromatic carbocycles. The molecular weight excluding hydrogens is 286 g/mol. The number of anilines is 1. The molecule has 3 heterocycles. The summed E-state index contributed by atoms with van der Waals surface area (Å²) in [6, 6.07) is 0.455. The maximum absolute atomic E-state index is 5.79. The zero-order valence-corrected chi connectivity index (χ0v) is 13.9. The van der Waals surface area contributed by atoms with E-state index in [2.05, 4.69) is 41.1 Å². The fraction of sp³-hybridized carbons (Fsp3) is 0.714. The van der Waals surface area contributed by atoms with Crippen molar-refractivity contribution in [1.82, 2.24) is 19.5 Å². The molecule has 0 spiro atoms. The van der Waals surface area contributed by atoms with Crippen molar-refractivity contribution in [3.05, 3.63) is 11.9 Å². The van der Waals surface area contributed by atoms with Gasteiger partial charge in [-0.25, -0.2) is 9.50 Å². The molecular formula is C14H23N5OS. The number of ether oxygens (including phenoxy) is 1. The minimum Gasteiger partial charge on any atom is -0.373 e. The maximum atomic E-state index is 5.79. The van der Waals surface area contributed by atoms with Crippen LogP contribution < -0.4 is 5.32 Å². The number of nitrogens with zero attached hydrogens (tertiary/aromatic N) is 4. The van der Waals surface area contributed by atoms with Crippen molar-refractivity contribution >= 4 is 21.4 Å². The van der Waals surface area contributed by atoms with Crippen molar-refractivity contribution < 1.29 is 4.74 Å². The summed E-state index contributed by atoms with van der Waals surface area (Å²) >= 11 is 1.59. The van der Waals surface area contributed by atoms with Crippen molar-refractivity contribution in [2.45, 2.75) is 45.9 Å². The van der Waals surface area contributed by atoms with Gasteiger partial charge >= 0.3 is 0 Å². The van der Waals surface area contributed by atoms with Crippen LogP contribution in [0.1, 0.15) is 26.5 Å². The smallest absolute Gasteiger partial charge is 0.214 e. The van der Waals surface area contributed by atoms with E-state index in [1.807, 2.05) is 17.6 Å². The highest BCUT2D eigenvalue weighted by Gasteiger charge is 2.25. The van der Waals surface area contributed by atoms with Crippen LogP contribution in [0.15, 0.2) is 6.20 Å². The molecule has 0 aliphatic carbocycles. The van der Waals surface area contributed by atoms with Crippen LogP contribution in [0, 0.1) is 6.92 Å². The molecule has 6 nitrogen and oxygen atoms in total. The van der Waals surface area contributed by atoms with Gasteiger partial charge in [0.15, 0.2) is 0 Å². The highest BCUT2D eigenvalue weighted by atomic mass is 32.1. The van der Waals surface area contributed by atoms with Crippen molar-refractivity contribution in [2.75, 3.05) is 25.0 Å². The fourth-order valence-electron chi connectivity index (χ4n) is 2.82. The lowest BCUT2D eigenvalue weighted by atomic mass is 10.2. The predicted molar refractivity (Wildman–Crippen MR) is 85.1 cm³/mol. The van der Waals surface area contributed by atoms with Gasteiger partial charge in [-0.05, 0) is 27.7 Å². The van der Waals surface area contributed by atoms with Crippen LogP contribution in [0.2, 0.25) is 0 Å². The van der Waals surface area contributed by atoms with Gasteiger partial charge in [0, 0.05) is 25.7 Å². The van der Waals surface area contributed by atoms with Crippen LogP contribution in [0.5, 0.6) is 0 Å². The first-order valence-electron chi connectivity index (χ1n) is 7.47. The minimum absolute atomic E-state index is 0.308. The lowest BCUT2D eigenvalue weighted by Gasteiger charge is -2.38. The standard InChI is InChI=1S/C14H23N5OS/c1-9-6-19-14(16-9)21-13(17-19)15-5-10(2)18-7-11(3)20-12(4)8-18/h6,10-12H,5,7-8H2,1-4H3,(H,15,17)/t10-,11-,12+/m1/s1. The molecule has 1 N–H and O–H groups in total. The summed E-state index contributed by atoms with van der Waals surface area (Å²) in [5.41, 5.74) is 1.00. The zero-order valence-electron chi connectivity index (χ0n) is 13.0. The molecule has 0 bridgehead atoms. The summed E-state index contributed by atoms with van der Waals surface area (Å²) in [4.78, 5) is 7.84. The van der Waals surface area contributed by atoms with Crippen LogP contribution in [-0.2, 0) is 4.74 Å². The van der Waals surface area contributed by atoms with E-state index in [1.165, 1.54) is 0 Å². The second kappa shape index (κ2) is 5.90. The first-order valence-corrected chi connectivity index (χ1v) is 8.29. The fourth-order valence-corrected chi connectivity index (χ4v) is 3.66. The van der Waals surface area contributed by atoms with E-state index >= 15 is 0 Å². The number of aromatic nitrogens is 3. The van der Waals surface area contributed by atoms with Gasteiger partial charge in [-0.1, -0.05) is 11.3 Å². The third-order valence-electron chi connectivity index (χ3n) is 3.78. The summed E-state index contributed by atoms with van der Waals surface area (Å²) < 4.78 is 7.63. The number of imidazole rings is 1. The van der Waals surface area contributed by atoms with Crippen LogP contribution in [0.3, 0.4) is 0 Å². The Kier molecular flexibility index (Phi) is 4.14. The Labute approximate surface area is 129 Å². The van der Waals surface area contributed by atoms with E-state index in [1.54, 1.807) is 11.3 Å². The number of hydrogen-bond acceptors (Lipinski definition) is 6. The number of rotatable bonds is 4. The summed E-state index contributed by atoms with van der Waals surface area (Å²) in [5.74, 6) is 0. The monoisotopic (exact) mass is 309 g/mol. The van der Waals surface area contributed by atoms with Gasteiger partial charge in [-0.3, -0.25) is 4.90 Å². The molecule has 0 unspecified atom stereocenters. The molecule has 21 heavy (non-hydrogen) atoms. The molecule has 0 radical (unpaired) electrons. The molecule has 1 fully saturated rings. The van der Waals surface area contributed by atoms with Gasteiger partial charge in [0.05, 0.1) is 24.1 Å². The van der Waals surface area contributed by atoms with Crippen molar-refractivity contribution in [3.63, 3.8) is 0 Å². The highest BCUT2D eigenvalue weighted by Crippen LogP contribution is 2.19. The third kappa shape index (κ3) is 3.36. The number of fused-ring (bicyclic) bond motifs is 1. The number of hydrogen-bond donors (Lipinski definition) is 1. The Hall–Kier alpha value is -1.18. The molecule has 2 aromatic rings. The molecule has 0 saturated carbocycles. The van der Waals surface area contributed by atoms with Crippen LogP contribution >= 0.6 is 11.3 Å². The zero-order chi connectivity index (χ0) is 15.0. The average Bonchev–Trinajstić information content (AvgIpc) is 2.91. The summed E-state index contributed by atoms with van der Waals surface area (Å²) in [6.45, 7) is 11.4. The number of nitrogens with one attached hydrogen (secondary N) is 1. The topological polar surface area (TPSA) is 54.7 Å². The molecule has 3 rings (SSSR count). The van der Waals surface area contributed by atoms with Crippen molar-refractivity contribution in [3.8, 4) is 0 Å². The van der Waals surface area contributed by atoms with E-state index < -0.39 is 0 Å². The first-order chi connectivity index (χ1) is 10.0. The van der Waals surface area contributed by atoms with Gasteiger partial charge in [0.2, 0.25) is 10.1 Å². The summed E-state index contributed by atoms with van der Waals surface area (Å²) in [5, 5.41) is 8.86. The van der Waals surface area contributed by atoms with Crippen molar-refractivity contribution in [1.29, 1.82) is 0 Å². The molecule has 7 heteroatoms. The normalized spacial score (nSPS) is 25.3. The Morgan fingerprint density at radius 3 is 2.81 bits per heavy atom. The Morgan fingerprint density at radius 2 is 2.14 bits per heavy atom. The van der Waals surface area contributed by atoms with E-state index in [9.17, 15) is 0 Å². The summed E-state index contributed by atoms with van der Waals surface area (Å²) in [7, 11) is 0. The highest BCUT2D eigenvalue weighted by molar-refractivity contribution is 7.20. The second-order valence-corrected chi connectivity index (χ2v) is 6.91. The quantitative estimate of drug-likeness (QED) is 0.936. The van der Waals surface area contributed by atoms with Gasteiger partial charge in [-0.15, -0.1) is 5.10 Å². The van der Waals surface area contributed by atoms with Gasteiger partial charge in [0.1, 0.15) is 0 Å². The minimum atomic E-state index is 0.308. The largest absolute Gasteiger partial charge is 0.373 e. The number of aryl methyl sites for hydroxylation is 1. The van der Waals surface area contributed by atoms with E-state index in [-0.39, 0.29) is 0 Å². The van der Waals surface area contributed by atoms with Crippen LogP contribution in [-0.4, -0.2) is 57.4 Å². The molecule has 0 amide bonds. The maximum Gasteiger partial charge on any atom is 0.214 e. The Morgan fingerprint density at radius 1 is 1.43 bits per heavy atom. The van der Waals surface area contributed by atoms with E-state index in [4.69, 9.17) is 4.74 Å². The third-order valence-corrected chi connectivity index (χ3v) is 4.66. The lowest BCUT2D eigenvalue weighted by molar-refractivity contribution is -0.0769. The second-order valence-electron chi connectivity index (χ2n) is 5.96. The lowest BCUT2D eigenvalue weighted by Crippen LogP contribution is -2.50. The predicted octanol–water partition coefficient (Wildman–Crippen LogP) is 2.01. The summed E-state index contributed by atoms with van der Waals surface area (Å²) in [6.07, 6.45) is 2.57. The first kappa shape index (κ1) is 14.7. The molecule has 116 valence electrons. The van der Waals surface area contributed by atoms with Crippen LogP contribution in [0.4, 0.5) is 5.13 Å². The SMILES string of the molecule is Cc1cn2nc(NC[C@@H](C)N3C[C@@H](C)O[C@@H](C)C3)sc2n1. The molecule has 1 aliphatic heterocycles. The molecule has 2 aromatic heterocycles. The van der Waals surface area contributed by atoms with Gasteiger partial charge in [-0.2, -0.15) is 0 Å². The average molecular weight is 309 g/mol. The molecule has 1 aliphatic rings. The van der Waals surface area contributed by atoms with Crippen molar-refractivity contribution in [2.24, 2.45) is 0 Å².